The van der Waals surface area contributed by atoms with Crippen LogP contribution < -0.4 is 9.47 Å². The summed E-state index contributed by atoms with van der Waals surface area (Å²) in [5.74, 6) is 0.416. The van der Waals surface area contributed by atoms with E-state index < -0.39 is 9.84 Å². The lowest BCUT2D eigenvalue weighted by molar-refractivity contribution is 0.172. The van der Waals surface area contributed by atoms with Crippen molar-refractivity contribution in [2.45, 2.75) is 17.7 Å². The first-order chi connectivity index (χ1) is 7.95. The maximum Gasteiger partial charge on any atom is 0.231 e. The minimum absolute atomic E-state index is 0.0226. The first-order valence-corrected chi connectivity index (χ1v) is 7.07. The minimum atomic E-state index is -3.43. The largest absolute Gasteiger partial charge is 0.454 e. The predicted molar refractivity (Wildman–Crippen MR) is 61.2 cm³/mol. The van der Waals surface area contributed by atoms with E-state index in [1.54, 1.807) is 19.1 Å². The van der Waals surface area contributed by atoms with E-state index >= 15 is 0 Å². The molecule has 1 aromatic carbocycles. The van der Waals surface area contributed by atoms with Crippen LogP contribution in [0.4, 0.5) is 0 Å². The topological polar surface area (TPSA) is 72.8 Å². The van der Waals surface area contributed by atoms with Gasteiger partial charge in [-0.05, 0) is 11.6 Å². The molecule has 0 saturated heterocycles. The summed E-state index contributed by atoms with van der Waals surface area (Å²) in [6.07, 6.45) is 1.12. The summed E-state index contributed by atoms with van der Waals surface area (Å²) in [7, 11) is -3.43. The monoisotopic (exact) mass is 258 g/mol. The third-order valence-electron chi connectivity index (χ3n) is 2.70. The van der Waals surface area contributed by atoms with E-state index in [0.717, 1.165) is 6.26 Å². The van der Waals surface area contributed by atoms with Gasteiger partial charge in [-0.25, -0.2) is 8.42 Å². The quantitative estimate of drug-likeness (QED) is 0.872. The Bertz CT molecular complexity index is 535. The van der Waals surface area contributed by atoms with Crippen molar-refractivity contribution < 1.29 is 23.0 Å². The van der Waals surface area contributed by atoms with Crippen LogP contribution in [0.25, 0.3) is 0 Å². The molecule has 1 heterocycles. The molecule has 1 aromatic rings. The van der Waals surface area contributed by atoms with Crippen molar-refractivity contribution in [1.29, 1.82) is 0 Å². The molecule has 0 aliphatic carbocycles. The molecule has 0 fully saturated rings. The molecule has 1 unspecified atom stereocenters. The van der Waals surface area contributed by atoms with Crippen LogP contribution in [0.3, 0.4) is 0 Å². The summed E-state index contributed by atoms with van der Waals surface area (Å²) < 4.78 is 34.0. The van der Waals surface area contributed by atoms with Crippen LogP contribution in [0.2, 0.25) is 0 Å². The van der Waals surface area contributed by atoms with Crippen LogP contribution >= 0.6 is 0 Å². The Labute approximate surface area is 99.9 Å². The maximum absolute atomic E-state index is 11.8. The second-order valence-corrected chi connectivity index (χ2v) is 6.03. The van der Waals surface area contributed by atoms with Crippen molar-refractivity contribution >= 4 is 9.84 Å². The smallest absolute Gasteiger partial charge is 0.231 e. The Morgan fingerprint density at radius 1 is 1.41 bits per heavy atom. The second kappa shape index (κ2) is 4.19. The van der Waals surface area contributed by atoms with Gasteiger partial charge in [-0.2, -0.15) is 0 Å². The molecule has 1 aliphatic heterocycles. The van der Waals surface area contributed by atoms with E-state index in [1.807, 2.05) is 0 Å². The number of hydrogen-bond donors (Lipinski definition) is 1. The normalized spacial score (nSPS) is 15.9. The van der Waals surface area contributed by atoms with Gasteiger partial charge in [0.15, 0.2) is 21.3 Å². The highest BCUT2D eigenvalue weighted by molar-refractivity contribution is 7.90. The van der Waals surface area contributed by atoms with Crippen molar-refractivity contribution in [2.24, 2.45) is 0 Å². The summed E-state index contributed by atoms with van der Waals surface area (Å²) in [4.78, 5) is 0.119. The van der Waals surface area contributed by atoms with Gasteiger partial charge in [-0.1, -0.05) is 13.0 Å². The number of aliphatic hydroxyl groups is 1. The van der Waals surface area contributed by atoms with E-state index in [1.165, 1.54) is 0 Å². The van der Waals surface area contributed by atoms with Crippen molar-refractivity contribution in [3.05, 3.63) is 17.7 Å². The second-order valence-electron chi connectivity index (χ2n) is 4.07. The van der Waals surface area contributed by atoms with Gasteiger partial charge in [0, 0.05) is 18.8 Å². The molecule has 0 amide bonds. The molecule has 1 aliphatic rings. The zero-order chi connectivity index (χ0) is 12.6. The number of ether oxygens (including phenoxy) is 2. The van der Waals surface area contributed by atoms with Gasteiger partial charge >= 0.3 is 0 Å². The molecule has 0 aromatic heterocycles. The maximum atomic E-state index is 11.8. The molecule has 0 radical (unpaired) electrons. The molecule has 0 spiro atoms. The van der Waals surface area contributed by atoms with E-state index in [0.29, 0.717) is 11.3 Å². The summed E-state index contributed by atoms with van der Waals surface area (Å²) in [6, 6.07) is 3.32. The summed E-state index contributed by atoms with van der Waals surface area (Å²) in [5, 5.41) is 9.16. The first-order valence-electron chi connectivity index (χ1n) is 5.18. The Morgan fingerprint density at radius 2 is 2.12 bits per heavy atom. The van der Waals surface area contributed by atoms with Crippen LogP contribution in [-0.4, -0.2) is 33.2 Å². The van der Waals surface area contributed by atoms with Gasteiger partial charge in [-0.3, -0.25) is 0 Å². The molecular formula is C11H14O5S. The molecule has 0 bridgehead atoms. The minimum Gasteiger partial charge on any atom is -0.454 e. The van der Waals surface area contributed by atoms with Gasteiger partial charge in [0.25, 0.3) is 0 Å². The fourth-order valence-corrected chi connectivity index (χ4v) is 3.02. The van der Waals surface area contributed by atoms with Crippen molar-refractivity contribution in [2.75, 3.05) is 19.7 Å². The van der Waals surface area contributed by atoms with E-state index in [9.17, 15) is 8.42 Å². The van der Waals surface area contributed by atoms with E-state index in [2.05, 4.69) is 0 Å². The van der Waals surface area contributed by atoms with Crippen molar-refractivity contribution in [1.82, 2.24) is 0 Å². The molecule has 17 heavy (non-hydrogen) atoms. The van der Waals surface area contributed by atoms with Crippen LogP contribution in [0.5, 0.6) is 11.5 Å². The molecule has 94 valence electrons. The first kappa shape index (κ1) is 12.2. The Balaban J connectivity index is 2.70. The SMILES string of the molecule is CC(CO)c1ccc2c(c1S(C)(=O)=O)OCO2. The zero-order valence-electron chi connectivity index (χ0n) is 9.63. The standard InChI is InChI=1S/C11H14O5S/c1-7(5-12)8-3-4-9-10(16-6-15-9)11(8)17(2,13)14/h3-4,7,12H,5-6H2,1-2H3. The van der Waals surface area contributed by atoms with Crippen molar-refractivity contribution in [3.63, 3.8) is 0 Å². The average molecular weight is 258 g/mol. The number of rotatable bonds is 3. The predicted octanol–water partition coefficient (Wildman–Crippen LogP) is 0.915. The van der Waals surface area contributed by atoms with E-state index in [-0.39, 0.29) is 30.0 Å². The van der Waals surface area contributed by atoms with Crippen LogP contribution in [-0.2, 0) is 9.84 Å². The molecular weight excluding hydrogens is 244 g/mol. The molecule has 0 saturated carbocycles. The number of benzene rings is 1. The Kier molecular flexibility index (Phi) is 3.01. The van der Waals surface area contributed by atoms with Gasteiger partial charge in [0.1, 0.15) is 4.90 Å². The van der Waals surface area contributed by atoms with Gasteiger partial charge in [0.05, 0.1) is 0 Å². The highest BCUT2D eigenvalue weighted by Gasteiger charge is 2.28. The number of sulfone groups is 1. The summed E-state index contributed by atoms with van der Waals surface area (Å²) in [5.41, 5.74) is 0.555. The number of hydrogen-bond acceptors (Lipinski definition) is 5. The van der Waals surface area contributed by atoms with Gasteiger partial charge < -0.3 is 14.6 Å². The molecule has 1 N–H and O–H groups in total. The Hall–Kier alpha value is -1.27. The van der Waals surface area contributed by atoms with Gasteiger partial charge in [0.2, 0.25) is 6.79 Å². The fraction of sp³-hybridized carbons (Fsp3) is 0.455. The highest BCUT2D eigenvalue weighted by Crippen LogP contribution is 2.42. The lowest BCUT2D eigenvalue weighted by Crippen LogP contribution is -2.09. The van der Waals surface area contributed by atoms with Crippen LogP contribution in [0.1, 0.15) is 18.4 Å². The highest BCUT2D eigenvalue weighted by atomic mass is 32.2. The lowest BCUT2D eigenvalue weighted by Gasteiger charge is -2.14. The average Bonchev–Trinajstić information content (AvgIpc) is 2.72. The lowest BCUT2D eigenvalue weighted by atomic mass is 10.0. The van der Waals surface area contributed by atoms with Gasteiger partial charge in [-0.15, -0.1) is 0 Å². The molecule has 1 atom stereocenters. The van der Waals surface area contributed by atoms with Crippen LogP contribution in [0, 0.1) is 0 Å². The fourth-order valence-electron chi connectivity index (χ4n) is 1.83. The van der Waals surface area contributed by atoms with E-state index in [4.69, 9.17) is 14.6 Å². The molecule has 2 rings (SSSR count). The summed E-state index contributed by atoms with van der Waals surface area (Å²) >= 11 is 0. The molecule has 5 nitrogen and oxygen atoms in total. The summed E-state index contributed by atoms with van der Waals surface area (Å²) in [6.45, 7) is 1.66. The Morgan fingerprint density at radius 3 is 2.71 bits per heavy atom. The number of aliphatic hydroxyl groups excluding tert-OH is 1. The van der Waals surface area contributed by atoms with Crippen LogP contribution in [0.15, 0.2) is 17.0 Å². The zero-order valence-corrected chi connectivity index (χ0v) is 10.5. The third-order valence-corrected chi connectivity index (χ3v) is 3.86. The third kappa shape index (κ3) is 2.10. The number of fused-ring (bicyclic) bond motifs is 1. The van der Waals surface area contributed by atoms with Crippen molar-refractivity contribution in [3.8, 4) is 11.5 Å². The molecule has 6 heteroatoms.